The van der Waals surface area contributed by atoms with Crippen molar-refractivity contribution >= 4 is 6.03 Å². The van der Waals surface area contributed by atoms with Gasteiger partial charge in [0, 0.05) is 6.54 Å². The first-order chi connectivity index (χ1) is 12.8. The molecule has 1 aromatic heterocycles. The average Bonchev–Trinajstić information content (AvgIpc) is 3.19. The number of rotatable bonds is 8. The number of nitrogens with one attached hydrogen (secondary N) is 2. The monoisotopic (exact) mass is 349 g/mol. The molecular formula is C20H23N5O. The minimum absolute atomic E-state index is 0.181. The van der Waals surface area contributed by atoms with E-state index in [0.29, 0.717) is 13.1 Å². The molecule has 0 radical (unpaired) electrons. The largest absolute Gasteiger partial charge is 0.338 e. The van der Waals surface area contributed by atoms with Gasteiger partial charge in [-0.2, -0.15) is 15.0 Å². The molecule has 2 N–H and O–H groups in total. The third-order valence-corrected chi connectivity index (χ3v) is 4.09. The third kappa shape index (κ3) is 5.44. The summed E-state index contributed by atoms with van der Waals surface area (Å²) < 4.78 is 0. The summed E-state index contributed by atoms with van der Waals surface area (Å²) >= 11 is 0. The molecule has 1 unspecified atom stereocenters. The van der Waals surface area contributed by atoms with Crippen molar-refractivity contribution in [3.63, 3.8) is 0 Å². The molecule has 0 aliphatic carbocycles. The second-order valence-electron chi connectivity index (χ2n) is 6.04. The first kappa shape index (κ1) is 17.7. The maximum atomic E-state index is 12.3. The summed E-state index contributed by atoms with van der Waals surface area (Å²) in [5, 5.41) is 14.2. The minimum Gasteiger partial charge on any atom is -0.338 e. The Morgan fingerprint density at radius 3 is 2.31 bits per heavy atom. The summed E-state index contributed by atoms with van der Waals surface area (Å²) in [5.41, 5.74) is 2.30. The van der Waals surface area contributed by atoms with Gasteiger partial charge in [0.2, 0.25) is 0 Å². The molecule has 6 nitrogen and oxygen atoms in total. The van der Waals surface area contributed by atoms with Crippen LogP contribution >= 0.6 is 0 Å². The molecule has 0 saturated heterocycles. The Balaban J connectivity index is 1.50. The van der Waals surface area contributed by atoms with Crippen molar-refractivity contribution in [2.45, 2.75) is 25.4 Å². The average molecular weight is 349 g/mol. The molecule has 26 heavy (non-hydrogen) atoms. The Morgan fingerprint density at radius 1 is 0.962 bits per heavy atom. The second-order valence-corrected chi connectivity index (χ2v) is 6.04. The summed E-state index contributed by atoms with van der Waals surface area (Å²) in [6.07, 6.45) is 5.10. The molecule has 1 atom stereocenters. The number of aryl methyl sites for hydroxylation is 1. The van der Waals surface area contributed by atoms with E-state index < -0.39 is 0 Å². The van der Waals surface area contributed by atoms with Crippen molar-refractivity contribution in [2.24, 2.45) is 0 Å². The van der Waals surface area contributed by atoms with E-state index >= 15 is 0 Å². The van der Waals surface area contributed by atoms with Crippen LogP contribution in [0.25, 0.3) is 0 Å². The molecule has 0 saturated carbocycles. The van der Waals surface area contributed by atoms with Crippen LogP contribution in [0.5, 0.6) is 0 Å². The van der Waals surface area contributed by atoms with Gasteiger partial charge in [0.05, 0.1) is 25.0 Å². The molecule has 6 heteroatoms. The lowest BCUT2D eigenvalue weighted by atomic mass is 10.1. The van der Waals surface area contributed by atoms with Crippen molar-refractivity contribution < 1.29 is 4.79 Å². The normalized spacial score (nSPS) is 11.7. The molecule has 3 aromatic rings. The van der Waals surface area contributed by atoms with Gasteiger partial charge in [0.25, 0.3) is 0 Å². The van der Waals surface area contributed by atoms with E-state index in [1.807, 2.05) is 48.5 Å². The van der Waals surface area contributed by atoms with Gasteiger partial charge in [0.15, 0.2) is 0 Å². The lowest BCUT2D eigenvalue weighted by Gasteiger charge is -2.19. The topological polar surface area (TPSA) is 71.8 Å². The fraction of sp³-hybridized carbons (Fsp3) is 0.250. The van der Waals surface area contributed by atoms with Gasteiger partial charge in [-0.1, -0.05) is 60.7 Å². The zero-order valence-corrected chi connectivity index (χ0v) is 14.6. The van der Waals surface area contributed by atoms with Crippen molar-refractivity contribution in [3.8, 4) is 0 Å². The maximum Gasteiger partial charge on any atom is 0.315 e. The van der Waals surface area contributed by atoms with Crippen LogP contribution in [-0.4, -0.2) is 27.6 Å². The van der Waals surface area contributed by atoms with Crippen LogP contribution in [-0.2, 0) is 13.0 Å². The Kier molecular flexibility index (Phi) is 6.36. The zero-order valence-electron chi connectivity index (χ0n) is 14.6. The highest BCUT2D eigenvalue weighted by atomic mass is 16.2. The van der Waals surface area contributed by atoms with Crippen molar-refractivity contribution in [1.82, 2.24) is 25.6 Å². The van der Waals surface area contributed by atoms with E-state index in [4.69, 9.17) is 0 Å². The summed E-state index contributed by atoms with van der Waals surface area (Å²) in [5.74, 6) is 0. The standard InChI is InChI=1S/C20H23N5O/c26-20(21-13-7-10-17-8-3-1-4-9-17)24-19(16-25-22-14-15-23-25)18-11-5-2-6-12-18/h1-6,8-9,11-12,14-15,19H,7,10,13,16H2,(H2,21,24,26). The number of aromatic nitrogens is 3. The van der Waals surface area contributed by atoms with Gasteiger partial charge in [0.1, 0.15) is 0 Å². The van der Waals surface area contributed by atoms with E-state index in [-0.39, 0.29) is 12.1 Å². The molecule has 134 valence electrons. The SMILES string of the molecule is O=C(NCCCc1ccccc1)NC(Cn1nccn1)c1ccccc1. The Bertz CT molecular complexity index is 774. The van der Waals surface area contributed by atoms with Crippen LogP contribution in [0.4, 0.5) is 4.79 Å². The summed E-state index contributed by atoms with van der Waals surface area (Å²) in [7, 11) is 0. The molecule has 0 bridgehead atoms. The molecule has 3 rings (SSSR count). The van der Waals surface area contributed by atoms with Crippen molar-refractivity contribution in [3.05, 3.63) is 84.2 Å². The van der Waals surface area contributed by atoms with Crippen LogP contribution in [0, 0.1) is 0 Å². The highest BCUT2D eigenvalue weighted by Crippen LogP contribution is 2.14. The zero-order chi connectivity index (χ0) is 18.0. The van der Waals surface area contributed by atoms with Gasteiger partial charge in [-0.15, -0.1) is 0 Å². The number of hydrogen-bond donors (Lipinski definition) is 2. The molecule has 0 fully saturated rings. The number of carbonyl (C=O) groups is 1. The van der Waals surface area contributed by atoms with E-state index in [2.05, 4.69) is 33.0 Å². The molecule has 2 amide bonds. The van der Waals surface area contributed by atoms with Gasteiger partial charge in [-0.05, 0) is 24.0 Å². The smallest absolute Gasteiger partial charge is 0.315 e. The Labute approximate surface area is 153 Å². The molecule has 0 spiro atoms. The van der Waals surface area contributed by atoms with Crippen LogP contribution < -0.4 is 10.6 Å². The number of amides is 2. The van der Waals surface area contributed by atoms with Gasteiger partial charge in [-0.25, -0.2) is 4.79 Å². The van der Waals surface area contributed by atoms with Gasteiger partial charge < -0.3 is 10.6 Å². The summed E-state index contributed by atoms with van der Waals surface area (Å²) in [6.45, 7) is 1.11. The molecular weight excluding hydrogens is 326 g/mol. The van der Waals surface area contributed by atoms with E-state index in [0.717, 1.165) is 18.4 Å². The molecule has 1 heterocycles. The minimum atomic E-state index is -0.197. The van der Waals surface area contributed by atoms with E-state index in [9.17, 15) is 4.79 Å². The van der Waals surface area contributed by atoms with Gasteiger partial charge >= 0.3 is 6.03 Å². The highest BCUT2D eigenvalue weighted by Gasteiger charge is 2.15. The van der Waals surface area contributed by atoms with Crippen LogP contribution in [0.2, 0.25) is 0 Å². The van der Waals surface area contributed by atoms with Crippen LogP contribution in [0.3, 0.4) is 0 Å². The molecule has 0 aliphatic heterocycles. The maximum absolute atomic E-state index is 12.3. The number of urea groups is 1. The number of benzene rings is 2. The Hall–Kier alpha value is -3.15. The number of hydrogen-bond acceptors (Lipinski definition) is 3. The molecule has 2 aromatic carbocycles. The van der Waals surface area contributed by atoms with Crippen LogP contribution in [0.15, 0.2) is 73.1 Å². The van der Waals surface area contributed by atoms with Gasteiger partial charge in [-0.3, -0.25) is 0 Å². The van der Waals surface area contributed by atoms with Crippen molar-refractivity contribution in [2.75, 3.05) is 6.54 Å². The van der Waals surface area contributed by atoms with E-state index in [1.54, 1.807) is 17.2 Å². The fourth-order valence-corrected chi connectivity index (χ4v) is 2.77. The van der Waals surface area contributed by atoms with Crippen LogP contribution in [0.1, 0.15) is 23.6 Å². The second kappa shape index (κ2) is 9.36. The highest BCUT2D eigenvalue weighted by molar-refractivity contribution is 5.74. The Morgan fingerprint density at radius 2 is 1.62 bits per heavy atom. The number of nitrogens with zero attached hydrogens (tertiary/aromatic N) is 3. The van der Waals surface area contributed by atoms with Crippen molar-refractivity contribution in [1.29, 1.82) is 0 Å². The lowest BCUT2D eigenvalue weighted by Crippen LogP contribution is -2.40. The summed E-state index contributed by atoms with van der Waals surface area (Å²) in [6, 6.07) is 19.7. The number of carbonyl (C=O) groups excluding carboxylic acids is 1. The van der Waals surface area contributed by atoms with E-state index in [1.165, 1.54) is 5.56 Å². The lowest BCUT2D eigenvalue weighted by molar-refractivity contribution is 0.234. The fourth-order valence-electron chi connectivity index (χ4n) is 2.77. The predicted molar refractivity (Wildman–Crippen MR) is 101 cm³/mol. The molecule has 0 aliphatic rings. The quantitative estimate of drug-likeness (QED) is 0.614. The first-order valence-electron chi connectivity index (χ1n) is 8.78. The predicted octanol–water partition coefficient (Wildman–Crippen LogP) is 2.95. The summed E-state index contributed by atoms with van der Waals surface area (Å²) in [4.78, 5) is 13.9. The first-order valence-corrected chi connectivity index (χ1v) is 8.78. The third-order valence-electron chi connectivity index (χ3n) is 4.09.